The summed E-state index contributed by atoms with van der Waals surface area (Å²) in [5.74, 6) is 0.0115. The molecular weight excluding hydrogens is 254 g/mol. The van der Waals surface area contributed by atoms with Crippen LogP contribution in [0.25, 0.3) is 0 Å². The van der Waals surface area contributed by atoms with Crippen molar-refractivity contribution in [3.63, 3.8) is 0 Å². The molecule has 6 heteroatoms. The molecule has 0 unspecified atom stereocenters. The molecule has 1 saturated heterocycles. The van der Waals surface area contributed by atoms with E-state index < -0.39 is 15.8 Å². The first-order valence-electron chi connectivity index (χ1n) is 6.57. The molecule has 18 heavy (non-hydrogen) atoms. The second-order valence-corrected chi connectivity index (χ2v) is 7.34. The number of likely N-dealkylation sites (tertiary alicyclic amines) is 1. The standard InChI is InChI=1S/C12H23NO4S/c1-2-8-18(16,17)9-7-13-5-3-11(4-6-13)10-12(14)15/h11H,2-10H2,1H3,(H,14,15). The summed E-state index contributed by atoms with van der Waals surface area (Å²) >= 11 is 0. The smallest absolute Gasteiger partial charge is 0.303 e. The maximum Gasteiger partial charge on any atom is 0.303 e. The minimum absolute atomic E-state index is 0.227. The highest BCUT2D eigenvalue weighted by molar-refractivity contribution is 7.91. The topological polar surface area (TPSA) is 74.7 Å². The Balaban J connectivity index is 2.25. The van der Waals surface area contributed by atoms with Gasteiger partial charge >= 0.3 is 5.97 Å². The molecule has 0 amide bonds. The van der Waals surface area contributed by atoms with Gasteiger partial charge in [-0.3, -0.25) is 4.79 Å². The van der Waals surface area contributed by atoms with Crippen molar-refractivity contribution in [1.82, 2.24) is 4.90 Å². The molecule has 1 N–H and O–H groups in total. The fraction of sp³-hybridized carbons (Fsp3) is 0.917. The van der Waals surface area contributed by atoms with Gasteiger partial charge in [-0.25, -0.2) is 8.42 Å². The highest BCUT2D eigenvalue weighted by atomic mass is 32.2. The lowest BCUT2D eigenvalue weighted by Crippen LogP contribution is -2.37. The Morgan fingerprint density at radius 3 is 2.39 bits per heavy atom. The Bertz CT molecular complexity index is 358. The minimum Gasteiger partial charge on any atom is -0.481 e. The Hall–Kier alpha value is -0.620. The van der Waals surface area contributed by atoms with Crippen molar-refractivity contribution in [2.75, 3.05) is 31.1 Å². The third-order valence-electron chi connectivity index (χ3n) is 3.40. The quantitative estimate of drug-likeness (QED) is 0.751. The highest BCUT2D eigenvalue weighted by Crippen LogP contribution is 2.20. The molecule has 0 aliphatic carbocycles. The van der Waals surface area contributed by atoms with Crippen molar-refractivity contribution in [1.29, 1.82) is 0 Å². The van der Waals surface area contributed by atoms with E-state index in [1.54, 1.807) is 0 Å². The molecule has 0 spiro atoms. The Kier molecular flexibility index (Phi) is 6.08. The number of aliphatic carboxylic acids is 1. The van der Waals surface area contributed by atoms with Gasteiger partial charge in [0.2, 0.25) is 0 Å². The molecule has 0 aromatic heterocycles. The van der Waals surface area contributed by atoms with Crippen LogP contribution in [0.1, 0.15) is 32.6 Å². The molecule has 1 rings (SSSR count). The van der Waals surface area contributed by atoms with E-state index in [4.69, 9.17) is 5.11 Å². The number of hydrogen-bond acceptors (Lipinski definition) is 4. The van der Waals surface area contributed by atoms with Gasteiger partial charge in [0, 0.05) is 18.7 Å². The van der Waals surface area contributed by atoms with E-state index in [0.717, 1.165) is 25.9 Å². The first-order valence-corrected chi connectivity index (χ1v) is 8.39. The van der Waals surface area contributed by atoms with Crippen molar-refractivity contribution in [2.24, 2.45) is 5.92 Å². The summed E-state index contributed by atoms with van der Waals surface area (Å²) < 4.78 is 23.2. The summed E-state index contributed by atoms with van der Waals surface area (Å²) in [6.07, 6.45) is 2.63. The largest absolute Gasteiger partial charge is 0.481 e. The molecule has 5 nitrogen and oxygen atoms in total. The maximum atomic E-state index is 11.6. The van der Waals surface area contributed by atoms with Crippen LogP contribution in [0.4, 0.5) is 0 Å². The second-order valence-electron chi connectivity index (χ2n) is 5.03. The molecule has 1 aliphatic heterocycles. The number of carbonyl (C=O) groups is 1. The molecule has 106 valence electrons. The van der Waals surface area contributed by atoms with Gasteiger partial charge in [0.25, 0.3) is 0 Å². The van der Waals surface area contributed by atoms with Gasteiger partial charge in [-0.15, -0.1) is 0 Å². The van der Waals surface area contributed by atoms with Crippen molar-refractivity contribution in [3.05, 3.63) is 0 Å². The molecule has 0 bridgehead atoms. The zero-order valence-electron chi connectivity index (χ0n) is 11.0. The average molecular weight is 277 g/mol. The zero-order chi connectivity index (χ0) is 13.6. The van der Waals surface area contributed by atoms with E-state index in [9.17, 15) is 13.2 Å². The van der Waals surface area contributed by atoms with Crippen LogP contribution in [0.5, 0.6) is 0 Å². The molecule has 0 atom stereocenters. The predicted octanol–water partition coefficient (Wildman–Crippen LogP) is 0.998. The van der Waals surface area contributed by atoms with Gasteiger partial charge in [0.15, 0.2) is 9.84 Å². The molecule has 1 fully saturated rings. The number of nitrogens with zero attached hydrogens (tertiary/aromatic N) is 1. The second kappa shape index (κ2) is 7.09. The number of rotatable bonds is 7. The number of hydrogen-bond donors (Lipinski definition) is 1. The average Bonchev–Trinajstić information content (AvgIpc) is 2.27. The summed E-state index contributed by atoms with van der Waals surface area (Å²) in [7, 11) is -2.90. The van der Waals surface area contributed by atoms with Gasteiger partial charge < -0.3 is 10.0 Å². The lowest BCUT2D eigenvalue weighted by Gasteiger charge is -2.31. The Morgan fingerprint density at radius 2 is 1.89 bits per heavy atom. The predicted molar refractivity (Wildman–Crippen MR) is 70.4 cm³/mol. The fourth-order valence-corrected chi connectivity index (χ4v) is 3.70. The van der Waals surface area contributed by atoms with Crippen LogP contribution in [0.3, 0.4) is 0 Å². The monoisotopic (exact) mass is 277 g/mol. The molecule has 0 aromatic rings. The maximum absolute atomic E-state index is 11.6. The number of sulfone groups is 1. The fourth-order valence-electron chi connectivity index (χ4n) is 2.34. The Morgan fingerprint density at radius 1 is 1.28 bits per heavy atom. The van der Waals surface area contributed by atoms with E-state index in [2.05, 4.69) is 4.90 Å². The van der Waals surface area contributed by atoms with Gasteiger partial charge in [-0.1, -0.05) is 6.92 Å². The van der Waals surface area contributed by atoms with Crippen LogP contribution in [0.2, 0.25) is 0 Å². The van der Waals surface area contributed by atoms with Gasteiger partial charge in [0.1, 0.15) is 0 Å². The highest BCUT2D eigenvalue weighted by Gasteiger charge is 2.22. The molecule has 1 heterocycles. The van der Waals surface area contributed by atoms with Crippen LogP contribution in [0, 0.1) is 5.92 Å². The van der Waals surface area contributed by atoms with Gasteiger partial charge in [-0.05, 0) is 38.3 Å². The molecule has 0 aromatic carbocycles. The van der Waals surface area contributed by atoms with Crippen molar-refractivity contribution in [3.8, 4) is 0 Å². The summed E-state index contributed by atoms with van der Waals surface area (Å²) in [5.41, 5.74) is 0. The summed E-state index contributed by atoms with van der Waals surface area (Å²) in [5, 5.41) is 8.71. The van der Waals surface area contributed by atoms with Gasteiger partial charge in [0.05, 0.1) is 5.75 Å². The molecule has 1 aliphatic rings. The third kappa shape index (κ3) is 5.82. The number of carboxylic acids is 1. The summed E-state index contributed by atoms with van der Waals surface area (Å²) in [4.78, 5) is 12.7. The van der Waals surface area contributed by atoms with Crippen LogP contribution in [0.15, 0.2) is 0 Å². The van der Waals surface area contributed by atoms with E-state index in [0.29, 0.717) is 13.0 Å². The molecular formula is C12H23NO4S. The van der Waals surface area contributed by atoms with Crippen molar-refractivity contribution in [2.45, 2.75) is 32.6 Å². The summed E-state index contributed by atoms with van der Waals surface area (Å²) in [6.45, 7) is 4.09. The van der Waals surface area contributed by atoms with Crippen LogP contribution >= 0.6 is 0 Å². The minimum atomic E-state index is -2.90. The van der Waals surface area contributed by atoms with E-state index in [-0.39, 0.29) is 23.8 Å². The van der Waals surface area contributed by atoms with Crippen LogP contribution in [-0.2, 0) is 14.6 Å². The van der Waals surface area contributed by atoms with Crippen molar-refractivity contribution < 1.29 is 18.3 Å². The van der Waals surface area contributed by atoms with Crippen LogP contribution in [-0.4, -0.2) is 55.5 Å². The van der Waals surface area contributed by atoms with E-state index >= 15 is 0 Å². The van der Waals surface area contributed by atoms with Crippen molar-refractivity contribution >= 4 is 15.8 Å². The lowest BCUT2D eigenvalue weighted by molar-refractivity contribution is -0.138. The van der Waals surface area contributed by atoms with Gasteiger partial charge in [-0.2, -0.15) is 0 Å². The normalized spacial score (nSPS) is 18.9. The van der Waals surface area contributed by atoms with E-state index in [1.165, 1.54) is 0 Å². The molecule has 0 radical (unpaired) electrons. The summed E-state index contributed by atoms with van der Waals surface area (Å²) in [6, 6.07) is 0. The first kappa shape index (κ1) is 15.4. The molecule has 0 saturated carbocycles. The number of piperidine rings is 1. The zero-order valence-corrected chi connectivity index (χ0v) is 11.8. The first-order chi connectivity index (χ1) is 8.43. The SMILES string of the molecule is CCCS(=O)(=O)CCN1CCC(CC(=O)O)CC1. The van der Waals surface area contributed by atoms with Crippen LogP contribution < -0.4 is 0 Å². The Labute approximate surface area is 109 Å². The number of carboxylic acid groups (broad SMARTS) is 1. The third-order valence-corrected chi connectivity index (χ3v) is 5.24. The lowest BCUT2D eigenvalue weighted by atomic mass is 9.94. The van der Waals surface area contributed by atoms with E-state index in [1.807, 2.05) is 6.92 Å².